The predicted molar refractivity (Wildman–Crippen MR) is 77.8 cm³/mol. The van der Waals surface area contributed by atoms with Crippen molar-refractivity contribution in [2.45, 2.75) is 19.6 Å². The van der Waals surface area contributed by atoms with Crippen LogP contribution in [0.5, 0.6) is 5.75 Å². The smallest absolute Gasteiger partial charge is 0.124 e. The number of aliphatic hydroxyl groups is 1. The lowest BCUT2D eigenvalue weighted by Gasteiger charge is -2.16. The lowest BCUT2D eigenvalue weighted by Crippen LogP contribution is -2.25. The second-order valence-electron chi connectivity index (χ2n) is 4.73. The standard InChI is InChI=1S/C15H21N3O2/c1-12-4-5-15(20-2)13(10-12)14(19)11-16-7-9-18-8-3-6-17-18/h3-6,8,10,14,16,19H,7,9,11H2,1-2H3. The van der Waals surface area contributed by atoms with Crippen LogP contribution in [0.3, 0.4) is 0 Å². The zero-order valence-electron chi connectivity index (χ0n) is 11.9. The van der Waals surface area contributed by atoms with Crippen molar-refractivity contribution in [1.29, 1.82) is 0 Å². The molecule has 1 atom stereocenters. The van der Waals surface area contributed by atoms with E-state index in [0.717, 1.165) is 30.0 Å². The van der Waals surface area contributed by atoms with Gasteiger partial charge in [-0.1, -0.05) is 11.6 Å². The van der Waals surface area contributed by atoms with E-state index in [2.05, 4.69) is 10.4 Å². The maximum Gasteiger partial charge on any atom is 0.124 e. The summed E-state index contributed by atoms with van der Waals surface area (Å²) in [7, 11) is 1.62. The van der Waals surface area contributed by atoms with Crippen LogP contribution in [-0.2, 0) is 6.54 Å². The van der Waals surface area contributed by atoms with Crippen molar-refractivity contribution in [3.8, 4) is 5.75 Å². The molecule has 1 aromatic heterocycles. The molecule has 2 aromatic rings. The maximum atomic E-state index is 10.2. The van der Waals surface area contributed by atoms with Crippen LogP contribution in [0.1, 0.15) is 17.2 Å². The minimum atomic E-state index is -0.581. The van der Waals surface area contributed by atoms with Crippen LogP contribution >= 0.6 is 0 Å². The second kappa shape index (κ2) is 7.07. The van der Waals surface area contributed by atoms with Crippen molar-refractivity contribution in [1.82, 2.24) is 15.1 Å². The van der Waals surface area contributed by atoms with E-state index in [1.165, 1.54) is 0 Å². The first-order valence-electron chi connectivity index (χ1n) is 6.71. The number of rotatable bonds is 7. The van der Waals surface area contributed by atoms with Crippen molar-refractivity contribution >= 4 is 0 Å². The summed E-state index contributed by atoms with van der Waals surface area (Å²) >= 11 is 0. The first kappa shape index (κ1) is 14.6. The number of benzene rings is 1. The summed E-state index contributed by atoms with van der Waals surface area (Å²) in [6.07, 6.45) is 3.09. The van der Waals surface area contributed by atoms with E-state index in [1.807, 2.05) is 42.1 Å². The van der Waals surface area contributed by atoms with Gasteiger partial charge in [0.1, 0.15) is 5.75 Å². The highest BCUT2D eigenvalue weighted by molar-refractivity contribution is 5.38. The Labute approximate surface area is 119 Å². The topological polar surface area (TPSA) is 59.3 Å². The molecule has 0 bridgehead atoms. The van der Waals surface area contributed by atoms with Crippen LogP contribution < -0.4 is 10.1 Å². The van der Waals surface area contributed by atoms with Gasteiger partial charge in [0.2, 0.25) is 0 Å². The Morgan fingerprint density at radius 2 is 2.30 bits per heavy atom. The highest BCUT2D eigenvalue weighted by Crippen LogP contribution is 2.25. The highest BCUT2D eigenvalue weighted by Gasteiger charge is 2.12. The average Bonchev–Trinajstić information content (AvgIpc) is 2.96. The molecule has 5 nitrogen and oxygen atoms in total. The molecule has 20 heavy (non-hydrogen) atoms. The van der Waals surface area contributed by atoms with Gasteiger partial charge in [0.15, 0.2) is 0 Å². The zero-order valence-corrected chi connectivity index (χ0v) is 11.9. The molecule has 0 amide bonds. The Kier molecular flexibility index (Phi) is 5.15. The fraction of sp³-hybridized carbons (Fsp3) is 0.400. The number of nitrogens with zero attached hydrogens (tertiary/aromatic N) is 2. The quantitative estimate of drug-likeness (QED) is 0.752. The second-order valence-corrected chi connectivity index (χ2v) is 4.73. The largest absolute Gasteiger partial charge is 0.496 e. The number of aromatic nitrogens is 2. The number of methoxy groups -OCH3 is 1. The van der Waals surface area contributed by atoms with Crippen molar-refractivity contribution in [2.75, 3.05) is 20.2 Å². The molecule has 0 aliphatic carbocycles. The molecule has 0 aliphatic heterocycles. The molecule has 1 heterocycles. The first-order valence-corrected chi connectivity index (χ1v) is 6.71. The highest BCUT2D eigenvalue weighted by atomic mass is 16.5. The Balaban J connectivity index is 1.85. The number of hydrogen-bond donors (Lipinski definition) is 2. The van der Waals surface area contributed by atoms with E-state index < -0.39 is 6.10 Å². The van der Waals surface area contributed by atoms with Gasteiger partial charge in [0, 0.05) is 31.0 Å². The molecule has 0 saturated carbocycles. The van der Waals surface area contributed by atoms with Gasteiger partial charge in [-0.05, 0) is 25.1 Å². The molecule has 5 heteroatoms. The Bertz CT molecular complexity index is 526. The van der Waals surface area contributed by atoms with Crippen molar-refractivity contribution in [3.63, 3.8) is 0 Å². The van der Waals surface area contributed by atoms with Gasteiger partial charge >= 0.3 is 0 Å². The van der Waals surface area contributed by atoms with Crippen molar-refractivity contribution in [3.05, 3.63) is 47.8 Å². The van der Waals surface area contributed by atoms with Gasteiger partial charge in [-0.3, -0.25) is 4.68 Å². The van der Waals surface area contributed by atoms with Gasteiger partial charge in [0.05, 0.1) is 19.8 Å². The predicted octanol–water partition coefficient (Wildman–Crippen LogP) is 1.52. The number of aliphatic hydroxyl groups excluding tert-OH is 1. The molecule has 0 fully saturated rings. The molecule has 1 aromatic carbocycles. The van der Waals surface area contributed by atoms with E-state index in [-0.39, 0.29) is 0 Å². The molecule has 0 aliphatic rings. The molecule has 2 rings (SSSR count). The van der Waals surface area contributed by atoms with Crippen LogP contribution in [0.4, 0.5) is 0 Å². The zero-order chi connectivity index (χ0) is 14.4. The van der Waals surface area contributed by atoms with Gasteiger partial charge in [0.25, 0.3) is 0 Å². The van der Waals surface area contributed by atoms with E-state index >= 15 is 0 Å². The first-order chi connectivity index (χ1) is 9.70. The Morgan fingerprint density at radius 3 is 3.00 bits per heavy atom. The average molecular weight is 275 g/mol. The van der Waals surface area contributed by atoms with Gasteiger partial charge in [-0.2, -0.15) is 5.10 Å². The van der Waals surface area contributed by atoms with Gasteiger partial charge in [-0.25, -0.2) is 0 Å². The van der Waals surface area contributed by atoms with Gasteiger partial charge in [-0.15, -0.1) is 0 Å². The maximum absolute atomic E-state index is 10.2. The molecule has 108 valence electrons. The van der Waals surface area contributed by atoms with Crippen LogP contribution in [0.2, 0.25) is 0 Å². The molecule has 1 unspecified atom stereocenters. The fourth-order valence-corrected chi connectivity index (χ4v) is 2.09. The summed E-state index contributed by atoms with van der Waals surface area (Å²) in [4.78, 5) is 0. The minimum Gasteiger partial charge on any atom is -0.496 e. The van der Waals surface area contributed by atoms with Crippen molar-refractivity contribution in [2.24, 2.45) is 0 Å². The number of hydrogen-bond acceptors (Lipinski definition) is 4. The lowest BCUT2D eigenvalue weighted by molar-refractivity contribution is 0.170. The third-order valence-electron chi connectivity index (χ3n) is 3.16. The third kappa shape index (κ3) is 3.82. The SMILES string of the molecule is COc1ccc(C)cc1C(O)CNCCn1cccn1. The Hall–Kier alpha value is -1.85. The van der Waals surface area contributed by atoms with Crippen molar-refractivity contribution < 1.29 is 9.84 Å². The molecule has 0 radical (unpaired) electrons. The molecule has 0 saturated heterocycles. The molecule has 2 N–H and O–H groups in total. The van der Waals surface area contributed by atoms with Crippen LogP contribution in [0.25, 0.3) is 0 Å². The number of aryl methyl sites for hydroxylation is 1. The summed E-state index contributed by atoms with van der Waals surface area (Å²) in [6, 6.07) is 7.71. The normalized spacial score (nSPS) is 12.3. The summed E-state index contributed by atoms with van der Waals surface area (Å²) in [5.41, 5.74) is 1.93. The fourth-order valence-electron chi connectivity index (χ4n) is 2.09. The molecular weight excluding hydrogens is 254 g/mol. The summed E-state index contributed by atoms with van der Waals surface area (Å²) < 4.78 is 7.14. The summed E-state index contributed by atoms with van der Waals surface area (Å²) in [5, 5.41) is 17.6. The van der Waals surface area contributed by atoms with E-state index in [4.69, 9.17) is 4.74 Å². The van der Waals surface area contributed by atoms with Crippen LogP contribution in [-0.4, -0.2) is 35.1 Å². The monoisotopic (exact) mass is 275 g/mol. The van der Waals surface area contributed by atoms with E-state index in [1.54, 1.807) is 13.3 Å². The number of ether oxygens (including phenoxy) is 1. The van der Waals surface area contributed by atoms with Crippen LogP contribution in [0, 0.1) is 6.92 Å². The third-order valence-corrected chi connectivity index (χ3v) is 3.16. The van der Waals surface area contributed by atoms with Gasteiger partial charge < -0.3 is 15.2 Å². The van der Waals surface area contributed by atoms with E-state index in [0.29, 0.717) is 6.54 Å². The minimum absolute atomic E-state index is 0.487. The molecular formula is C15H21N3O2. The summed E-state index contributed by atoms with van der Waals surface area (Å²) in [6.45, 7) is 4.03. The van der Waals surface area contributed by atoms with Crippen LogP contribution in [0.15, 0.2) is 36.7 Å². The number of nitrogens with one attached hydrogen (secondary N) is 1. The molecule has 0 spiro atoms. The Morgan fingerprint density at radius 1 is 1.45 bits per heavy atom. The summed E-state index contributed by atoms with van der Waals surface area (Å²) in [5.74, 6) is 0.719. The lowest BCUT2D eigenvalue weighted by atomic mass is 10.1. The van der Waals surface area contributed by atoms with E-state index in [9.17, 15) is 5.11 Å².